The van der Waals surface area contributed by atoms with Gasteiger partial charge in [0.25, 0.3) is 0 Å². The van der Waals surface area contributed by atoms with E-state index in [0.29, 0.717) is 44.3 Å². The standard InChI is InChI=1S/C37H52BrN3O8/c1-6-8-18-28(43)39-27(23-47-5)31(25-16-12-11-13-17-25)48-36(46)29-30-34(44)41(20-14-9-10-15-21-42)33(35(45)40(19-7-2)24(3)4)37(30)22-26(38)32(29)49-37/h6-7,11-13,16-17,24,26-27,29-33,42H,1-2,8-10,14-15,18-23H2,3-5H3,(H,39,43)/t26?,27-,29-,30+,31-,32-,33-,37+/m1/s1. The number of aliphatic hydroxyl groups is 1. The third-order valence-electron chi connectivity index (χ3n) is 9.84. The van der Waals surface area contributed by atoms with Crippen molar-refractivity contribution in [3.8, 4) is 0 Å². The predicted molar refractivity (Wildman–Crippen MR) is 189 cm³/mol. The van der Waals surface area contributed by atoms with Crippen LogP contribution in [0.3, 0.4) is 0 Å². The van der Waals surface area contributed by atoms with E-state index in [-0.39, 0.29) is 48.2 Å². The molecule has 4 rings (SSSR count). The maximum atomic E-state index is 14.5. The number of fused-ring (bicyclic) bond motifs is 1. The fraction of sp³-hybridized carbons (Fsp3) is 0.622. The van der Waals surface area contributed by atoms with Gasteiger partial charge in [0.05, 0.1) is 30.6 Å². The van der Waals surface area contributed by atoms with Gasteiger partial charge in [-0.1, -0.05) is 71.3 Å². The Kier molecular flexibility index (Phi) is 14.0. The summed E-state index contributed by atoms with van der Waals surface area (Å²) in [6, 6.07) is 7.32. The summed E-state index contributed by atoms with van der Waals surface area (Å²) in [6.07, 6.45) is 5.65. The Balaban J connectivity index is 1.70. The molecule has 3 heterocycles. The first-order valence-corrected chi connectivity index (χ1v) is 18.3. The third-order valence-corrected chi connectivity index (χ3v) is 10.7. The van der Waals surface area contributed by atoms with Gasteiger partial charge in [-0.2, -0.15) is 0 Å². The second-order valence-corrected chi connectivity index (χ2v) is 14.6. The molecule has 1 aromatic carbocycles. The molecule has 11 nitrogen and oxygen atoms in total. The molecule has 1 aromatic rings. The minimum atomic E-state index is -1.23. The molecule has 1 spiro atoms. The first-order valence-electron chi connectivity index (χ1n) is 17.3. The van der Waals surface area contributed by atoms with E-state index in [1.165, 1.54) is 7.11 Å². The van der Waals surface area contributed by atoms with Crippen molar-refractivity contribution >= 4 is 39.6 Å². The number of alkyl halides is 1. The number of nitrogens with one attached hydrogen (secondary N) is 1. The average molecular weight is 747 g/mol. The Morgan fingerprint density at radius 3 is 2.51 bits per heavy atom. The average Bonchev–Trinajstić information content (AvgIpc) is 3.67. The molecule has 3 fully saturated rings. The highest BCUT2D eigenvalue weighted by atomic mass is 79.9. The van der Waals surface area contributed by atoms with Gasteiger partial charge in [0.15, 0.2) is 0 Å². The molecule has 49 heavy (non-hydrogen) atoms. The van der Waals surface area contributed by atoms with Crippen molar-refractivity contribution < 1.29 is 38.5 Å². The van der Waals surface area contributed by atoms with E-state index in [2.05, 4.69) is 34.4 Å². The van der Waals surface area contributed by atoms with Crippen molar-refractivity contribution in [3.63, 3.8) is 0 Å². The molecule has 1 unspecified atom stereocenters. The Morgan fingerprint density at radius 1 is 1.16 bits per heavy atom. The van der Waals surface area contributed by atoms with E-state index in [1.54, 1.807) is 22.0 Å². The summed E-state index contributed by atoms with van der Waals surface area (Å²) in [5.74, 6) is -3.32. The van der Waals surface area contributed by atoms with E-state index in [1.807, 2.05) is 44.2 Å². The smallest absolute Gasteiger partial charge is 0.313 e. The van der Waals surface area contributed by atoms with Gasteiger partial charge >= 0.3 is 5.97 Å². The first-order chi connectivity index (χ1) is 23.6. The molecule has 2 N–H and O–H groups in total. The van der Waals surface area contributed by atoms with Crippen LogP contribution in [0.4, 0.5) is 0 Å². The Bertz CT molecular complexity index is 1330. The van der Waals surface area contributed by atoms with Gasteiger partial charge in [-0.15, -0.1) is 13.2 Å². The van der Waals surface area contributed by atoms with Crippen LogP contribution >= 0.6 is 15.9 Å². The molecule has 2 bridgehead atoms. The number of nitrogens with zero attached hydrogens (tertiary/aromatic N) is 2. The maximum Gasteiger partial charge on any atom is 0.313 e. The van der Waals surface area contributed by atoms with Crippen molar-refractivity contribution in [3.05, 3.63) is 61.2 Å². The number of hydrogen-bond donors (Lipinski definition) is 2. The molecule has 3 aliphatic heterocycles. The summed E-state index contributed by atoms with van der Waals surface area (Å²) in [5.41, 5.74) is -0.577. The number of amides is 3. The fourth-order valence-electron chi connectivity index (χ4n) is 7.64. The van der Waals surface area contributed by atoms with Gasteiger partial charge in [0, 0.05) is 44.1 Å². The van der Waals surface area contributed by atoms with Crippen LogP contribution < -0.4 is 5.32 Å². The second-order valence-electron chi connectivity index (χ2n) is 13.4. The number of benzene rings is 1. The number of carbonyl (C=O) groups excluding carboxylic acids is 4. The van der Waals surface area contributed by atoms with E-state index < -0.39 is 47.7 Å². The number of methoxy groups -OCH3 is 1. The highest BCUT2D eigenvalue weighted by Gasteiger charge is 2.77. The lowest BCUT2D eigenvalue weighted by molar-refractivity contribution is -0.163. The number of aliphatic hydroxyl groups excluding tert-OH is 1. The van der Waals surface area contributed by atoms with E-state index in [4.69, 9.17) is 14.2 Å². The highest BCUT2D eigenvalue weighted by molar-refractivity contribution is 9.09. The zero-order valence-electron chi connectivity index (χ0n) is 28.9. The van der Waals surface area contributed by atoms with Crippen LogP contribution in [0.1, 0.15) is 70.5 Å². The number of likely N-dealkylation sites (tertiary alicyclic amines) is 1. The van der Waals surface area contributed by atoms with Crippen molar-refractivity contribution in [1.82, 2.24) is 15.1 Å². The highest BCUT2D eigenvalue weighted by Crippen LogP contribution is 2.60. The fourth-order valence-corrected chi connectivity index (χ4v) is 8.59. The van der Waals surface area contributed by atoms with Crippen molar-refractivity contribution in [2.75, 3.05) is 33.4 Å². The number of halogens is 1. The molecule has 0 aliphatic carbocycles. The molecule has 3 aliphatic rings. The summed E-state index contributed by atoms with van der Waals surface area (Å²) in [5, 5.41) is 12.2. The number of carbonyl (C=O) groups is 4. The minimum Gasteiger partial charge on any atom is -0.455 e. The molecule has 0 aromatic heterocycles. The molecule has 3 amide bonds. The lowest BCUT2D eigenvalue weighted by atomic mass is 9.70. The van der Waals surface area contributed by atoms with Crippen molar-refractivity contribution in [2.24, 2.45) is 11.8 Å². The lowest BCUT2D eigenvalue weighted by Crippen LogP contribution is -2.58. The summed E-state index contributed by atoms with van der Waals surface area (Å²) in [7, 11) is 1.51. The Labute approximate surface area is 298 Å². The monoisotopic (exact) mass is 745 g/mol. The van der Waals surface area contributed by atoms with Crippen LogP contribution in [0.25, 0.3) is 0 Å². The number of ether oxygens (including phenoxy) is 3. The quantitative estimate of drug-likeness (QED) is 0.0883. The summed E-state index contributed by atoms with van der Waals surface area (Å²) in [4.78, 5) is 59.3. The van der Waals surface area contributed by atoms with Crippen molar-refractivity contribution in [2.45, 2.75) is 99.6 Å². The number of esters is 1. The largest absolute Gasteiger partial charge is 0.455 e. The maximum absolute atomic E-state index is 14.5. The Morgan fingerprint density at radius 2 is 1.88 bits per heavy atom. The lowest BCUT2D eigenvalue weighted by Gasteiger charge is -2.38. The van der Waals surface area contributed by atoms with Gasteiger partial charge in [-0.3, -0.25) is 19.2 Å². The molecule has 0 radical (unpaired) electrons. The van der Waals surface area contributed by atoms with E-state index in [9.17, 15) is 24.3 Å². The zero-order chi connectivity index (χ0) is 35.7. The normalized spacial score (nSPS) is 26.7. The topological polar surface area (TPSA) is 135 Å². The van der Waals surface area contributed by atoms with Crippen molar-refractivity contribution in [1.29, 1.82) is 0 Å². The molecule has 8 atom stereocenters. The molecular weight excluding hydrogens is 694 g/mol. The third kappa shape index (κ3) is 8.30. The van der Waals surface area contributed by atoms with Crippen LogP contribution in [0.15, 0.2) is 55.6 Å². The van der Waals surface area contributed by atoms with Crippen LogP contribution in [0.5, 0.6) is 0 Å². The predicted octanol–water partition coefficient (Wildman–Crippen LogP) is 4.09. The van der Waals surface area contributed by atoms with E-state index in [0.717, 1.165) is 12.8 Å². The zero-order valence-corrected chi connectivity index (χ0v) is 30.5. The summed E-state index contributed by atoms with van der Waals surface area (Å²) in [6.45, 7) is 12.2. The molecule has 0 saturated carbocycles. The summed E-state index contributed by atoms with van der Waals surface area (Å²) >= 11 is 3.74. The Hall–Kier alpha value is -3.06. The molecule has 270 valence electrons. The first kappa shape index (κ1) is 38.7. The van der Waals surface area contributed by atoms with Gasteiger partial charge < -0.3 is 34.4 Å². The number of hydrogen-bond acceptors (Lipinski definition) is 8. The molecule has 3 saturated heterocycles. The second kappa shape index (κ2) is 17.7. The summed E-state index contributed by atoms with van der Waals surface area (Å²) < 4.78 is 18.5. The number of unbranched alkanes of at least 4 members (excludes halogenated alkanes) is 3. The van der Waals surface area contributed by atoms with Crippen LogP contribution in [-0.2, 0) is 33.4 Å². The van der Waals surface area contributed by atoms with Gasteiger partial charge in [-0.05, 0) is 45.1 Å². The SMILES string of the molecule is C=CCCC(=O)N[C@H](COC)[C@H](OC(=O)[C@H]1[C@@H]2O[C@@]3(CC2Br)[C@@H]1C(=O)N(CCCCCCO)[C@@H]3C(=O)N(CC=C)C(C)C)c1ccccc1. The molecular formula is C37H52BrN3O8. The van der Waals surface area contributed by atoms with Gasteiger partial charge in [-0.25, -0.2) is 0 Å². The van der Waals surface area contributed by atoms with Crippen LogP contribution in [-0.4, -0.2) is 107 Å². The number of allylic oxidation sites excluding steroid dienone is 1. The minimum absolute atomic E-state index is 0.0691. The number of rotatable bonds is 20. The van der Waals surface area contributed by atoms with Crippen LogP contribution in [0.2, 0.25) is 0 Å². The van der Waals surface area contributed by atoms with E-state index >= 15 is 0 Å². The molecule has 12 heteroatoms. The van der Waals surface area contributed by atoms with Crippen LogP contribution in [0, 0.1) is 11.8 Å². The van der Waals surface area contributed by atoms with Gasteiger partial charge in [0.2, 0.25) is 17.7 Å². The van der Waals surface area contributed by atoms with Gasteiger partial charge in [0.1, 0.15) is 17.7 Å².